The highest BCUT2D eigenvalue weighted by Gasteiger charge is 2.23. The predicted molar refractivity (Wildman–Crippen MR) is 72.3 cm³/mol. The second kappa shape index (κ2) is 5.84. The lowest BCUT2D eigenvalue weighted by atomic mass is 9.96. The molecule has 0 atom stereocenters. The first-order chi connectivity index (χ1) is 9.06. The fourth-order valence-corrected chi connectivity index (χ4v) is 2.21. The van der Waals surface area contributed by atoms with Crippen LogP contribution >= 0.6 is 0 Å². The van der Waals surface area contributed by atoms with E-state index in [1.807, 2.05) is 0 Å². The molecule has 0 unspecified atom stereocenters. The van der Waals surface area contributed by atoms with E-state index < -0.39 is 5.97 Å². The molecule has 2 N–H and O–H groups in total. The van der Waals surface area contributed by atoms with Crippen molar-refractivity contribution in [1.29, 1.82) is 0 Å². The van der Waals surface area contributed by atoms with E-state index in [1.54, 1.807) is 12.1 Å². The lowest BCUT2D eigenvalue weighted by molar-refractivity contribution is -0.121. The Hall–Kier alpha value is -1.88. The van der Waals surface area contributed by atoms with Crippen molar-refractivity contribution in [3.63, 3.8) is 0 Å². The van der Waals surface area contributed by atoms with E-state index in [0.717, 1.165) is 25.9 Å². The Balaban J connectivity index is 1.93. The number of benzene rings is 1. The fourth-order valence-electron chi connectivity index (χ4n) is 2.21. The van der Waals surface area contributed by atoms with Crippen molar-refractivity contribution in [3.8, 4) is 0 Å². The molecule has 1 aromatic rings. The van der Waals surface area contributed by atoms with Crippen LogP contribution in [0.1, 0.15) is 23.2 Å². The molecule has 0 bridgehead atoms. The highest BCUT2D eigenvalue weighted by Crippen LogP contribution is 2.18. The monoisotopic (exact) mass is 262 g/mol. The van der Waals surface area contributed by atoms with Gasteiger partial charge in [-0.3, -0.25) is 4.79 Å². The van der Waals surface area contributed by atoms with Crippen molar-refractivity contribution < 1.29 is 14.7 Å². The summed E-state index contributed by atoms with van der Waals surface area (Å²) in [6, 6.07) is 6.23. The average molecular weight is 262 g/mol. The van der Waals surface area contributed by atoms with Gasteiger partial charge in [-0.15, -0.1) is 0 Å². The van der Waals surface area contributed by atoms with Crippen molar-refractivity contribution in [2.75, 3.05) is 25.5 Å². The summed E-state index contributed by atoms with van der Waals surface area (Å²) in [5.41, 5.74) is 0.867. The minimum Gasteiger partial charge on any atom is -0.478 e. The Morgan fingerprint density at radius 2 is 1.79 bits per heavy atom. The molecule has 5 nitrogen and oxygen atoms in total. The minimum absolute atomic E-state index is 0.0242. The Kier molecular flexibility index (Phi) is 4.16. The summed E-state index contributed by atoms with van der Waals surface area (Å²) in [6.45, 7) is 1.88. The number of nitrogens with one attached hydrogen (secondary N) is 1. The number of aromatic carboxylic acids is 1. The summed E-state index contributed by atoms with van der Waals surface area (Å²) in [4.78, 5) is 25.0. The van der Waals surface area contributed by atoms with E-state index in [9.17, 15) is 9.59 Å². The molecule has 0 aromatic heterocycles. The third-order valence-electron chi connectivity index (χ3n) is 3.49. The molecule has 1 aromatic carbocycles. The smallest absolute Gasteiger partial charge is 0.335 e. The summed E-state index contributed by atoms with van der Waals surface area (Å²) in [5.74, 6) is -0.889. The zero-order valence-electron chi connectivity index (χ0n) is 10.9. The van der Waals surface area contributed by atoms with E-state index in [2.05, 4.69) is 17.3 Å². The largest absolute Gasteiger partial charge is 0.478 e. The first-order valence-corrected chi connectivity index (χ1v) is 6.39. The lowest BCUT2D eigenvalue weighted by Crippen LogP contribution is -2.35. The molecule has 0 spiro atoms. The molecule has 102 valence electrons. The van der Waals surface area contributed by atoms with E-state index in [4.69, 9.17) is 5.11 Å². The highest BCUT2D eigenvalue weighted by molar-refractivity contribution is 5.93. The van der Waals surface area contributed by atoms with Crippen molar-refractivity contribution >= 4 is 17.6 Å². The third-order valence-corrected chi connectivity index (χ3v) is 3.49. The Morgan fingerprint density at radius 3 is 2.32 bits per heavy atom. The number of carbonyl (C=O) groups excluding carboxylic acids is 1. The number of piperidine rings is 1. The summed E-state index contributed by atoms with van der Waals surface area (Å²) in [5, 5.41) is 11.6. The first-order valence-electron chi connectivity index (χ1n) is 6.39. The molecule has 1 fully saturated rings. The van der Waals surface area contributed by atoms with Gasteiger partial charge in [0.2, 0.25) is 5.91 Å². The van der Waals surface area contributed by atoms with Gasteiger partial charge in [-0.25, -0.2) is 4.79 Å². The number of hydrogen-bond acceptors (Lipinski definition) is 3. The van der Waals surface area contributed by atoms with Crippen molar-refractivity contribution in [3.05, 3.63) is 29.8 Å². The number of rotatable bonds is 3. The molecule has 1 heterocycles. The molecule has 5 heteroatoms. The molecule has 1 aliphatic rings. The Bertz CT molecular complexity index is 462. The molecule has 0 radical (unpaired) electrons. The van der Waals surface area contributed by atoms with Crippen LogP contribution in [0.2, 0.25) is 0 Å². The molecule has 19 heavy (non-hydrogen) atoms. The highest BCUT2D eigenvalue weighted by atomic mass is 16.4. The molecular weight excluding hydrogens is 244 g/mol. The van der Waals surface area contributed by atoms with Crippen LogP contribution in [0, 0.1) is 5.92 Å². The summed E-state index contributed by atoms with van der Waals surface area (Å²) in [6.07, 6.45) is 1.74. The summed E-state index contributed by atoms with van der Waals surface area (Å²) < 4.78 is 0. The molecular formula is C14H18N2O3. The lowest BCUT2D eigenvalue weighted by Gasteiger charge is -2.28. The van der Waals surface area contributed by atoms with E-state index >= 15 is 0 Å². The second-order valence-electron chi connectivity index (χ2n) is 4.95. The maximum Gasteiger partial charge on any atom is 0.335 e. The van der Waals surface area contributed by atoms with E-state index in [-0.39, 0.29) is 17.4 Å². The first kappa shape index (κ1) is 13.5. The second-order valence-corrected chi connectivity index (χ2v) is 4.95. The third kappa shape index (κ3) is 3.54. The summed E-state index contributed by atoms with van der Waals surface area (Å²) in [7, 11) is 2.05. The standard InChI is InChI=1S/C14H18N2O3/c1-16-8-6-10(7-9-16)13(17)15-12-4-2-11(3-5-12)14(18)19/h2-5,10H,6-9H2,1H3,(H,15,17)(H,18,19). The molecule has 0 saturated carbocycles. The van der Waals surface area contributed by atoms with Gasteiger partial charge in [-0.05, 0) is 57.2 Å². The number of carboxylic acid groups (broad SMARTS) is 1. The van der Waals surface area contributed by atoms with Crippen LogP contribution in [-0.2, 0) is 4.79 Å². The molecule has 1 saturated heterocycles. The number of carboxylic acids is 1. The quantitative estimate of drug-likeness (QED) is 0.869. The number of hydrogen-bond donors (Lipinski definition) is 2. The Morgan fingerprint density at radius 1 is 1.21 bits per heavy atom. The van der Waals surface area contributed by atoms with Gasteiger partial charge in [0.1, 0.15) is 0 Å². The summed E-state index contributed by atoms with van der Waals surface area (Å²) >= 11 is 0. The fraction of sp³-hybridized carbons (Fsp3) is 0.429. The maximum atomic E-state index is 12.0. The predicted octanol–water partition coefficient (Wildman–Crippen LogP) is 1.67. The van der Waals surface area contributed by atoms with Crippen molar-refractivity contribution in [1.82, 2.24) is 4.90 Å². The van der Waals surface area contributed by atoms with Crippen molar-refractivity contribution in [2.24, 2.45) is 5.92 Å². The Labute approximate surface area is 112 Å². The van der Waals surface area contributed by atoms with E-state index in [1.165, 1.54) is 12.1 Å². The zero-order chi connectivity index (χ0) is 13.8. The van der Waals surface area contributed by atoms with Crippen LogP contribution in [0.15, 0.2) is 24.3 Å². The SMILES string of the molecule is CN1CCC(C(=O)Nc2ccc(C(=O)O)cc2)CC1. The average Bonchev–Trinajstić information content (AvgIpc) is 2.40. The van der Waals surface area contributed by atoms with Gasteiger partial charge in [0.15, 0.2) is 0 Å². The molecule has 1 amide bonds. The number of likely N-dealkylation sites (tertiary alicyclic amines) is 1. The van der Waals surface area contributed by atoms with Crippen LogP contribution < -0.4 is 5.32 Å². The number of carbonyl (C=O) groups is 2. The van der Waals surface area contributed by atoms with Crippen LogP contribution in [0.3, 0.4) is 0 Å². The molecule has 1 aliphatic heterocycles. The number of nitrogens with zero attached hydrogens (tertiary/aromatic N) is 1. The van der Waals surface area contributed by atoms with Crippen LogP contribution in [0.4, 0.5) is 5.69 Å². The van der Waals surface area contributed by atoms with Crippen LogP contribution in [0.5, 0.6) is 0 Å². The van der Waals surface area contributed by atoms with Crippen LogP contribution in [-0.4, -0.2) is 42.0 Å². The number of anilines is 1. The number of amides is 1. The van der Waals surface area contributed by atoms with Crippen molar-refractivity contribution in [2.45, 2.75) is 12.8 Å². The molecule has 0 aliphatic carbocycles. The zero-order valence-corrected chi connectivity index (χ0v) is 10.9. The topological polar surface area (TPSA) is 69.6 Å². The van der Waals surface area contributed by atoms with E-state index in [0.29, 0.717) is 5.69 Å². The van der Waals surface area contributed by atoms with Crippen LogP contribution in [0.25, 0.3) is 0 Å². The van der Waals surface area contributed by atoms with Gasteiger partial charge >= 0.3 is 5.97 Å². The van der Waals surface area contributed by atoms with Gasteiger partial charge in [-0.1, -0.05) is 0 Å². The molecule has 2 rings (SSSR count). The van der Waals surface area contributed by atoms with Gasteiger partial charge in [0.05, 0.1) is 5.56 Å². The van der Waals surface area contributed by atoms with Gasteiger partial charge in [0.25, 0.3) is 0 Å². The van der Waals surface area contributed by atoms with Gasteiger partial charge in [-0.2, -0.15) is 0 Å². The van der Waals surface area contributed by atoms with Gasteiger partial charge in [0, 0.05) is 11.6 Å². The minimum atomic E-state index is -0.965. The normalized spacial score (nSPS) is 17.1. The van der Waals surface area contributed by atoms with Gasteiger partial charge < -0.3 is 15.3 Å². The maximum absolute atomic E-state index is 12.0.